The Kier molecular flexibility index (Phi) is 5.45. The van der Waals surface area contributed by atoms with Gasteiger partial charge in [0.15, 0.2) is 0 Å². The number of nitrogens with zero attached hydrogens (tertiary/aromatic N) is 1. The first-order valence-electron chi connectivity index (χ1n) is 7.43. The lowest BCUT2D eigenvalue weighted by atomic mass is 10.2. The van der Waals surface area contributed by atoms with E-state index >= 15 is 0 Å². The van der Waals surface area contributed by atoms with Crippen molar-refractivity contribution in [3.63, 3.8) is 0 Å². The molecule has 0 spiro atoms. The van der Waals surface area contributed by atoms with Crippen LogP contribution in [0.5, 0.6) is 5.75 Å². The Morgan fingerprint density at radius 2 is 2.12 bits per heavy atom. The molecule has 1 heterocycles. The second kappa shape index (κ2) is 7.18. The molecule has 0 bridgehead atoms. The molecule has 1 aromatic carbocycles. The van der Waals surface area contributed by atoms with E-state index in [1.165, 1.54) is 26.2 Å². The number of aliphatic carboxylic acids is 1. The Morgan fingerprint density at radius 3 is 2.71 bits per heavy atom. The molecule has 2 N–H and O–H groups in total. The van der Waals surface area contributed by atoms with Gasteiger partial charge in [0, 0.05) is 20.0 Å². The van der Waals surface area contributed by atoms with Gasteiger partial charge in [0.25, 0.3) is 0 Å². The van der Waals surface area contributed by atoms with Crippen LogP contribution < -0.4 is 10.1 Å². The lowest BCUT2D eigenvalue weighted by molar-refractivity contribution is -0.140. The minimum absolute atomic E-state index is 0.0963. The molecule has 0 radical (unpaired) electrons. The van der Waals surface area contributed by atoms with E-state index < -0.39 is 22.0 Å². The van der Waals surface area contributed by atoms with Crippen LogP contribution in [0.4, 0.5) is 0 Å². The number of hydrogen-bond donors (Lipinski definition) is 2. The Balaban J connectivity index is 2.42. The highest BCUT2D eigenvalue weighted by atomic mass is 32.2. The van der Waals surface area contributed by atoms with Gasteiger partial charge >= 0.3 is 5.97 Å². The van der Waals surface area contributed by atoms with Gasteiger partial charge in [-0.25, -0.2) is 8.42 Å². The van der Waals surface area contributed by atoms with Crippen LogP contribution in [0.15, 0.2) is 23.1 Å². The number of amides is 1. The van der Waals surface area contributed by atoms with Crippen molar-refractivity contribution in [2.45, 2.75) is 37.2 Å². The number of carbonyl (C=O) groups is 2. The van der Waals surface area contributed by atoms with Crippen LogP contribution in [0.3, 0.4) is 0 Å². The summed E-state index contributed by atoms with van der Waals surface area (Å²) in [7, 11) is -2.67. The summed E-state index contributed by atoms with van der Waals surface area (Å²) in [6, 6.07) is 3.47. The fraction of sp³-hybridized carbons (Fsp3) is 0.467. The first-order chi connectivity index (χ1) is 11.3. The van der Waals surface area contributed by atoms with Crippen LogP contribution >= 0.6 is 0 Å². The van der Waals surface area contributed by atoms with E-state index in [4.69, 9.17) is 4.74 Å². The number of carboxylic acid groups (broad SMARTS) is 1. The zero-order chi connectivity index (χ0) is 17.9. The van der Waals surface area contributed by atoms with Gasteiger partial charge in [-0.05, 0) is 30.5 Å². The summed E-state index contributed by atoms with van der Waals surface area (Å²) in [5.41, 5.74) is 0.579. The number of hydrogen-bond acceptors (Lipinski definition) is 5. The normalized spacial score (nSPS) is 18.3. The highest BCUT2D eigenvalue weighted by molar-refractivity contribution is 7.89. The number of methoxy groups -OCH3 is 1. The average molecular weight is 356 g/mol. The molecular formula is C15H20N2O6S. The molecule has 0 aliphatic carbocycles. The van der Waals surface area contributed by atoms with Crippen LogP contribution in [0, 0.1) is 0 Å². The third-order valence-corrected chi connectivity index (χ3v) is 5.77. The van der Waals surface area contributed by atoms with E-state index in [0.717, 1.165) is 4.31 Å². The predicted octanol–water partition coefficient (Wildman–Crippen LogP) is 0.569. The smallest absolute Gasteiger partial charge is 0.322 e. The fourth-order valence-electron chi connectivity index (χ4n) is 2.66. The minimum Gasteiger partial charge on any atom is -0.495 e. The highest BCUT2D eigenvalue weighted by Crippen LogP contribution is 2.32. The maximum atomic E-state index is 12.9. The Morgan fingerprint density at radius 1 is 1.42 bits per heavy atom. The average Bonchev–Trinajstić information content (AvgIpc) is 3.03. The van der Waals surface area contributed by atoms with Gasteiger partial charge < -0.3 is 15.2 Å². The van der Waals surface area contributed by atoms with Gasteiger partial charge in [-0.3, -0.25) is 9.59 Å². The lowest BCUT2D eigenvalue weighted by Gasteiger charge is -2.22. The Labute approximate surface area is 140 Å². The molecule has 1 unspecified atom stereocenters. The van der Waals surface area contributed by atoms with Crippen molar-refractivity contribution in [2.24, 2.45) is 0 Å². The van der Waals surface area contributed by atoms with Crippen molar-refractivity contribution in [2.75, 3.05) is 13.7 Å². The topological polar surface area (TPSA) is 113 Å². The third kappa shape index (κ3) is 3.68. The van der Waals surface area contributed by atoms with Gasteiger partial charge in [-0.2, -0.15) is 4.31 Å². The van der Waals surface area contributed by atoms with Crippen LogP contribution in [0.1, 0.15) is 25.3 Å². The van der Waals surface area contributed by atoms with E-state index in [1.807, 2.05) is 0 Å². The molecule has 1 aromatic rings. The SMILES string of the molecule is COc1ccc(CNC(C)=O)cc1S(=O)(=O)N1CCCC1C(=O)O. The van der Waals surface area contributed by atoms with Crippen molar-refractivity contribution in [3.8, 4) is 5.75 Å². The highest BCUT2D eigenvalue weighted by Gasteiger charge is 2.40. The zero-order valence-electron chi connectivity index (χ0n) is 13.5. The first-order valence-corrected chi connectivity index (χ1v) is 8.87. The van der Waals surface area contributed by atoms with E-state index in [1.54, 1.807) is 6.07 Å². The summed E-state index contributed by atoms with van der Waals surface area (Å²) in [4.78, 5) is 22.2. The second-order valence-electron chi connectivity index (χ2n) is 5.51. The zero-order valence-corrected chi connectivity index (χ0v) is 14.3. The maximum absolute atomic E-state index is 12.9. The van der Waals surface area contributed by atoms with Crippen molar-refractivity contribution < 1.29 is 27.9 Å². The summed E-state index contributed by atoms with van der Waals surface area (Å²) in [6.07, 6.45) is 0.770. The lowest BCUT2D eigenvalue weighted by Crippen LogP contribution is -2.40. The minimum atomic E-state index is -4.02. The van der Waals surface area contributed by atoms with E-state index in [9.17, 15) is 23.1 Å². The summed E-state index contributed by atoms with van der Waals surface area (Å²) in [5.74, 6) is -1.26. The van der Waals surface area contributed by atoms with Gasteiger partial charge in [-0.1, -0.05) is 6.07 Å². The van der Waals surface area contributed by atoms with E-state index in [2.05, 4.69) is 5.32 Å². The van der Waals surface area contributed by atoms with Gasteiger partial charge in [0.2, 0.25) is 15.9 Å². The van der Waals surface area contributed by atoms with Crippen molar-refractivity contribution in [3.05, 3.63) is 23.8 Å². The van der Waals surface area contributed by atoms with Crippen LogP contribution in [0.25, 0.3) is 0 Å². The number of nitrogens with one attached hydrogen (secondary N) is 1. The summed E-state index contributed by atoms with van der Waals surface area (Å²) in [6.45, 7) is 1.69. The predicted molar refractivity (Wildman–Crippen MR) is 85.1 cm³/mol. The van der Waals surface area contributed by atoms with Crippen molar-refractivity contribution >= 4 is 21.9 Å². The van der Waals surface area contributed by atoms with E-state index in [0.29, 0.717) is 12.0 Å². The number of carboxylic acids is 1. The monoisotopic (exact) mass is 356 g/mol. The summed E-state index contributed by atoms with van der Waals surface area (Å²) >= 11 is 0. The molecule has 2 rings (SSSR count). The number of benzene rings is 1. The molecule has 1 aliphatic heterocycles. The standard InChI is InChI=1S/C15H20N2O6S/c1-10(18)16-9-11-5-6-13(23-2)14(8-11)24(21,22)17-7-3-4-12(17)15(19)20/h5-6,8,12H,3-4,7,9H2,1-2H3,(H,16,18)(H,19,20). The first kappa shape index (κ1) is 18.2. The van der Waals surface area contributed by atoms with Crippen molar-refractivity contribution in [1.82, 2.24) is 9.62 Å². The number of rotatable bonds is 6. The van der Waals surface area contributed by atoms with Gasteiger partial charge in [-0.15, -0.1) is 0 Å². The molecule has 1 fully saturated rings. The van der Waals surface area contributed by atoms with Gasteiger partial charge in [0.05, 0.1) is 7.11 Å². The summed E-state index contributed by atoms with van der Waals surface area (Å²) < 4.78 is 32.0. The second-order valence-corrected chi connectivity index (χ2v) is 7.37. The Bertz CT molecular complexity index is 746. The van der Waals surface area contributed by atoms with Crippen LogP contribution in [0.2, 0.25) is 0 Å². The van der Waals surface area contributed by atoms with Crippen molar-refractivity contribution in [1.29, 1.82) is 0 Å². The molecule has 132 valence electrons. The molecule has 8 nitrogen and oxygen atoms in total. The largest absolute Gasteiger partial charge is 0.495 e. The van der Waals surface area contributed by atoms with Crippen LogP contribution in [-0.2, 0) is 26.2 Å². The molecule has 1 amide bonds. The Hall–Kier alpha value is -2.13. The number of sulfonamides is 1. The molecule has 1 aliphatic rings. The number of carbonyl (C=O) groups excluding carboxylic acids is 1. The molecule has 1 saturated heterocycles. The quantitative estimate of drug-likeness (QED) is 0.770. The molecular weight excluding hydrogens is 336 g/mol. The van der Waals surface area contributed by atoms with Crippen LogP contribution in [-0.4, -0.2) is 49.4 Å². The maximum Gasteiger partial charge on any atom is 0.322 e. The van der Waals surface area contributed by atoms with Gasteiger partial charge in [0.1, 0.15) is 16.7 Å². The number of ether oxygens (including phenoxy) is 1. The molecule has 24 heavy (non-hydrogen) atoms. The molecule has 1 atom stereocenters. The summed E-state index contributed by atoms with van der Waals surface area (Å²) in [5, 5.41) is 11.8. The molecule has 9 heteroatoms. The third-order valence-electron chi connectivity index (χ3n) is 3.84. The molecule has 0 aromatic heterocycles. The molecule has 0 saturated carbocycles. The van der Waals surface area contributed by atoms with E-state index in [-0.39, 0.29) is 36.1 Å². The fourth-order valence-corrected chi connectivity index (χ4v) is 4.52.